The van der Waals surface area contributed by atoms with Gasteiger partial charge in [0.15, 0.2) is 0 Å². The predicted molar refractivity (Wildman–Crippen MR) is 110 cm³/mol. The van der Waals surface area contributed by atoms with Crippen molar-refractivity contribution in [2.45, 2.75) is 26.5 Å². The van der Waals surface area contributed by atoms with Crippen LogP contribution in [0.1, 0.15) is 9.68 Å². The molecule has 0 N–H and O–H groups in total. The number of pyridine rings is 1. The molecular formula is C21H21NSSi. The molecule has 0 spiro atoms. The molecule has 4 rings (SSSR count). The lowest BCUT2D eigenvalue weighted by Gasteiger charge is -2.16. The zero-order chi connectivity index (χ0) is 19.4. The molecule has 0 aliphatic carbocycles. The first-order valence-corrected chi connectivity index (χ1v) is 12.4. The van der Waals surface area contributed by atoms with E-state index in [-0.39, 0.29) is 5.56 Å². The number of aryl methyl sites for hydroxylation is 1. The number of thiophene rings is 1. The van der Waals surface area contributed by atoms with Gasteiger partial charge in [0.2, 0.25) is 0 Å². The molecule has 0 fully saturated rings. The van der Waals surface area contributed by atoms with Gasteiger partial charge in [-0.2, -0.15) is 0 Å². The lowest BCUT2D eigenvalue weighted by molar-refractivity contribution is 1.27. The van der Waals surface area contributed by atoms with Crippen LogP contribution in [0.4, 0.5) is 0 Å². The minimum absolute atomic E-state index is 0.273. The second kappa shape index (κ2) is 5.54. The van der Waals surface area contributed by atoms with E-state index in [0.717, 1.165) is 11.3 Å². The highest BCUT2D eigenvalue weighted by molar-refractivity contribution is 7.26. The van der Waals surface area contributed by atoms with Crippen LogP contribution in [0, 0.1) is 6.85 Å². The Balaban J connectivity index is 1.89. The van der Waals surface area contributed by atoms with Crippen LogP contribution in [0.15, 0.2) is 54.7 Å². The van der Waals surface area contributed by atoms with E-state index < -0.39 is 14.9 Å². The topological polar surface area (TPSA) is 12.9 Å². The predicted octanol–water partition coefficient (Wildman–Crippen LogP) is 5.97. The highest BCUT2D eigenvalue weighted by Gasteiger charge is 2.18. The smallest absolute Gasteiger partial charge is 0.0776 e. The first-order valence-electron chi connectivity index (χ1n) is 9.57. The lowest BCUT2D eigenvalue weighted by Crippen LogP contribution is -2.37. The third-order valence-electron chi connectivity index (χ3n) is 4.40. The SMILES string of the molecule is [2H]C([2H])([2H])c1ccc(-c2cccc3c2sc2cc([Si](C)(C)C)ccc23)nc1. The first kappa shape index (κ1) is 12.4. The summed E-state index contributed by atoms with van der Waals surface area (Å²) in [5.41, 5.74) is 2.14. The maximum Gasteiger partial charge on any atom is 0.0776 e. The van der Waals surface area contributed by atoms with Crippen molar-refractivity contribution in [3.05, 3.63) is 60.3 Å². The molecule has 120 valence electrons. The quantitative estimate of drug-likeness (QED) is 0.406. The summed E-state index contributed by atoms with van der Waals surface area (Å²) in [6.07, 6.45) is 1.47. The van der Waals surface area contributed by atoms with Crippen LogP contribution in [0.3, 0.4) is 0 Å². The fourth-order valence-electron chi connectivity index (χ4n) is 3.02. The largest absolute Gasteiger partial charge is 0.256 e. The van der Waals surface area contributed by atoms with Gasteiger partial charge in [-0.15, -0.1) is 11.3 Å². The molecule has 0 amide bonds. The van der Waals surface area contributed by atoms with Crippen LogP contribution < -0.4 is 5.19 Å². The maximum absolute atomic E-state index is 7.52. The second-order valence-electron chi connectivity index (χ2n) is 7.18. The van der Waals surface area contributed by atoms with Crippen LogP contribution >= 0.6 is 11.3 Å². The second-order valence-corrected chi connectivity index (χ2v) is 13.3. The van der Waals surface area contributed by atoms with E-state index in [1.807, 2.05) is 6.07 Å². The molecule has 0 bridgehead atoms. The van der Waals surface area contributed by atoms with Crippen molar-refractivity contribution in [2.24, 2.45) is 0 Å². The van der Waals surface area contributed by atoms with Gasteiger partial charge < -0.3 is 0 Å². The third kappa shape index (κ3) is 2.58. The van der Waals surface area contributed by atoms with Gasteiger partial charge >= 0.3 is 0 Å². The van der Waals surface area contributed by atoms with E-state index in [4.69, 9.17) is 4.11 Å². The fraction of sp³-hybridized carbons (Fsp3) is 0.190. The summed E-state index contributed by atoms with van der Waals surface area (Å²) in [5.74, 6) is 0. The summed E-state index contributed by atoms with van der Waals surface area (Å²) >= 11 is 1.79. The van der Waals surface area contributed by atoms with Crippen molar-refractivity contribution < 1.29 is 4.11 Å². The molecule has 0 radical (unpaired) electrons. The van der Waals surface area contributed by atoms with E-state index >= 15 is 0 Å². The van der Waals surface area contributed by atoms with Gasteiger partial charge in [0, 0.05) is 36.0 Å². The van der Waals surface area contributed by atoms with Crippen molar-refractivity contribution in [1.82, 2.24) is 4.98 Å². The first-order chi connectivity index (χ1) is 12.6. The molecule has 2 aromatic heterocycles. The Morgan fingerprint density at radius 2 is 1.88 bits per heavy atom. The molecule has 2 heterocycles. The molecule has 0 saturated heterocycles. The molecule has 0 unspecified atom stereocenters. The molecule has 1 nitrogen and oxygen atoms in total. The molecule has 0 aliphatic heterocycles. The van der Waals surface area contributed by atoms with Gasteiger partial charge in [-0.05, 0) is 24.5 Å². The van der Waals surface area contributed by atoms with Crippen LogP contribution in [0.25, 0.3) is 31.4 Å². The molecule has 0 saturated carbocycles. The Morgan fingerprint density at radius 1 is 1.00 bits per heavy atom. The molecular weight excluding hydrogens is 326 g/mol. The molecule has 0 aliphatic rings. The van der Waals surface area contributed by atoms with Gasteiger partial charge in [0.1, 0.15) is 0 Å². The molecule has 2 aromatic carbocycles. The molecule has 3 heteroatoms. The fourth-order valence-corrected chi connectivity index (χ4v) is 5.55. The Labute approximate surface area is 152 Å². The van der Waals surface area contributed by atoms with Crippen molar-refractivity contribution >= 4 is 44.8 Å². The van der Waals surface area contributed by atoms with Gasteiger partial charge in [0.25, 0.3) is 0 Å². The standard InChI is InChI=1S/C21H21NSSi/c1-14-8-11-19(22-13-14)18-7-5-6-17-16-10-9-15(24(2,3)4)12-20(16)23-21(17)18/h5-13H,1-4H3/i1D3. The Kier molecular flexibility index (Phi) is 2.86. The monoisotopic (exact) mass is 350 g/mol. The van der Waals surface area contributed by atoms with Crippen molar-refractivity contribution in [3.8, 4) is 11.3 Å². The van der Waals surface area contributed by atoms with Crippen molar-refractivity contribution in [3.63, 3.8) is 0 Å². The summed E-state index contributed by atoms with van der Waals surface area (Å²) in [7, 11) is -1.36. The van der Waals surface area contributed by atoms with Crippen LogP contribution in [0.5, 0.6) is 0 Å². The Morgan fingerprint density at radius 3 is 2.58 bits per heavy atom. The summed E-state index contributed by atoms with van der Waals surface area (Å²) in [4.78, 5) is 4.45. The van der Waals surface area contributed by atoms with E-state index in [2.05, 4.69) is 61.0 Å². The van der Waals surface area contributed by atoms with Gasteiger partial charge in [-0.3, -0.25) is 4.98 Å². The third-order valence-corrected chi connectivity index (χ3v) is 7.65. The summed E-state index contributed by atoms with van der Waals surface area (Å²) in [6.45, 7) is 4.97. The maximum atomic E-state index is 7.52. The molecule has 0 atom stereocenters. The number of hydrogen-bond acceptors (Lipinski definition) is 2. The Bertz CT molecular complexity index is 1140. The highest BCUT2D eigenvalue weighted by atomic mass is 32.1. The average molecular weight is 351 g/mol. The van der Waals surface area contributed by atoms with Gasteiger partial charge in [0.05, 0.1) is 13.8 Å². The zero-order valence-electron chi connectivity index (χ0n) is 17.1. The van der Waals surface area contributed by atoms with Crippen LogP contribution in [-0.4, -0.2) is 13.1 Å². The minimum atomic E-state index is -2.12. The number of rotatable bonds is 2. The number of hydrogen-bond donors (Lipinski definition) is 0. The molecule has 4 aromatic rings. The zero-order valence-corrected chi connectivity index (χ0v) is 15.9. The van der Waals surface area contributed by atoms with Crippen molar-refractivity contribution in [2.75, 3.05) is 0 Å². The van der Waals surface area contributed by atoms with Gasteiger partial charge in [-0.25, -0.2) is 0 Å². The number of benzene rings is 2. The number of aromatic nitrogens is 1. The normalized spacial score (nSPS) is 14.5. The van der Waals surface area contributed by atoms with E-state index in [1.165, 1.54) is 31.6 Å². The van der Waals surface area contributed by atoms with Crippen molar-refractivity contribution in [1.29, 1.82) is 0 Å². The van der Waals surface area contributed by atoms with E-state index in [0.29, 0.717) is 0 Å². The van der Waals surface area contributed by atoms with Crippen LogP contribution in [-0.2, 0) is 0 Å². The van der Waals surface area contributed by atoms with E-state index in [1.54, 1.807) is 17.4 Å². The van der Waals surface area contributed by atoms with Crippen LogP contribution in [0.2, 0.25) is 19.6 Å². The summed E-state index contributed by atoms with van der Waals surface area (Å²) in [5, 5.41) is 3.97. The summed E-state index contributed by atoms with van der Waals surface area (Å²) in [6, 6.07) is 16.6. The lowest BCUT2D eigenvalue weighted by atomic mass is 10.1. The Hall–Kier alpha value is -1.97. The minimum Gasteiger partial charge on any atom is -0.256 e. The number of nitrogens with zero attached hydrogens (tertiary/aromatic N) is 1. The average Bonchev–Trinajstić information content (AvgIpc) is 2.98. The summed E-state index contributed by atoms with van der Waals surface area (Å²) < 4.78 is 25.1. The highest BCUT2D eigenvalue weighted by Crippen LogP contribution is 2.39. The van der Waals surface area contributed by atoms with E-state index in [9.17, 15) is 0 Å². The van der Waals surface area contributed by atoms with Gasteiger partial charge in [-0.1, -0.05) is 61.2 Å². The number of fused-ring (bicyclic) bond motifs is 3. The molecule has 24 heavy (non-hydrogen) atoms.